The highest BCUT2D eigenvalue weighted by Crippen LogP contribution is 2.33. The SMILES string of the molecule is Nc1ncc(Br)c(Nc2c(Cl)ccc3nsnc23)n1. The molecule has 1 aromatic carbocycles. The molecule has 2 aromatic heterocycles. The largest absolute Gasteiger partial charge is 0.368 e. The minimum atomic E-state index is 0.172. The van der Waals surface area contributed by atoms with Crippen molar-refractivity contribution in [3.05, 3.63) is 27.8 Å². The molecule has 9 heteroatoms. The minimum absolute atomic E-state index is 0.172. The maximum Gasteiger partial charge on any atom is 0.222 e. The number of hydrogen-bond donors (Lipinski definition) is 2. The monoisotopic (exact) mass is 356 g/mol. The Bertz CT molecular complexity index is 761. The average molecular weight is 358 g/mol. The topological polar surface area (TPSA) is 89.6 Å². The van der Waals surface area contributed by atoms with Crippen molar-refractivity contribution in [2.45, 2.75) is 0 Å². The van der Waals surface area contributed by atoms with Gasteiger partial charge in [0.25, 0.3) is 0 Å². The standard InChI is InChI=1S/C10H6BrClN6S/c11-4-3-14-10(13)16-9(4)15-7-5(12)1-2-6-8(7)18-19-17-6/h1-3H,(H3,13,14,15,16). The van der Waals surface area contributed by atoms with Crippen molar-refractivity contribution < 1.29 is 0 Å². The van der Waals surface area contributed by atoms with Gasteiger partial charge in [-0.05, 0) is 28.1 Å². The van der Waals surface area contributed by atoms with Crippen molar-refractivity contribution in [2.75, 3.05) is 11.1 Å². The van der Waals surface area contributed by atoms with E-state index in [-0.39, 0.29) is 5.95 Å². The third-order valence-electron chi connectivity index (χ3n) is 2.38. The van der Waals surface area contributed by atoms with E-state index in [2.05, 4.69) is 40.0 Å². The van der Waals surface area contributed by atoms with Crippen LogP contribution in [0.2, 0.25) is 5.02 Å². The number of benzene rings is 1. The molecule has 0 unspecified atom stereocenters. The summed E-state index contributed by atoms with van der Waals surface area (Å²) in [6.07, 6.45) is 1.57. The summed E-state index contributed by atoms with van der Waals surface area (Å²) in [6, 6.07) is 3.57. The highest BCUT2D eigenvalue weighted by Gasteiger charge is 2.12. The molecule has 96 valence electrons. The van der Waals surface area contributed by atoms with Gasteiger partial charge in [-0.15, -0.1) is 0 Å². The molecule has 0 saturated heterocycles. The Morgan fingerprint density at radius 3 is 3.00 bits per heavy atom. The first-order valence-corrected chi connectivity index (χ1v) is 7.01. The Morgan fingerprint density at radius 1 is 1.32 bits per heavy atom. The second-order valence-electron chi connectivity index (χ2n) is 3.60. The number of nitrogens with one attached hydrogen (secondary N) is 1. The molecule has 2 heterocycles. The molecular weight excluding hydrogens is 352 g/mol. The Hall–Kier alpha value is -1.51. The van der Waals surface area contributed by atoms with Crippen molar-refractivity contribution in [3.63, 3.8) is 0 Å². The molecule has 6 nitrogen and oxygen atoms in total. The maximum absolute atomic E-state index is 6.19. The lowest BCUT2D eigenvalue weighted by Crippen LogP contribution is -2.01. The van der Waals surface area contributed by atoms with Gasteiger partial charge >= 0.3 is 0 Å². The number of rotatable bonds is 2. The quantitative estimate of drug-likeness (QED) is 0.732. The molecule has 0 aliphatic heterocycles. The predicted molar refractivity (Wildman–Crippen MR) is 79.9 cm³/mol. The lowest BCUT2D eigenvalue weighted by molar-refractivity contribution is 1.17. The normalized spacial score (nSPS) is 10.8. The molecule has 0 fully saturated rings. The second kappa shape index (κ2) is 4.87. The van der Waals surface area contributed by atoms with Gasteiger partial charge in [0.15, 0.2) is 0 Å². The van der Waals surface area contributed by atoms with Gasteiger partial charge in [-0.25, -0.2) is 4.98 Å². The fourth-order valence-electron chi connectivity index (χ4n) is 1.53. The van der Waals surface area contributed by atoms with E-state index in [0.717, 1.165) is 17.2 Å². The summed E-state index contributed by atoms with van der Waals surface area (Å²) < 4.78 is 9.06. The molecule has 3 rings (SSSR count). The number of aromatic nitrogens is 4. The van der Waals surface area contributed by atoms with Crippen molar-refractivity contribution in [1.82, 2.24) is 18.7 Å². The van der Waals surface area contributed by atoms with Crippen molar-refractivity contribution in [3.8, 4) is 0 Å². The number of nitrogens with zero attached hydrogens (tertiary/aromatic N) is 4. The number of hydrogen-bond acceptors (Lipinski definition) is 7. The van der Waals surface area contributed by atoms with Gasteiger partial charge in [-0.2, -0.15) is 13.7 Å². The first-order valence-electron chi connectivity index (χ1n) is 5.11. The molecule has 0 bridgehead atoms. The number of nitrogens with two attached hydrogens (primary N) is 1. The van der Waals surface area contributed by atoms with Crippen LogP contribution in [-0.4, -0.2) is 18.7 Å². The summed E-state index contributed by atoms with van der Waals surface area (Å²) in [5.41, 5.74) is 7.68. The van der Waals surface area contributed by atoms with Crippen molar-refractivity contribution in [1.29, 1.82) is 0 Å². The summed E-state index contributed by atoms with van der Waals surface area (Å²) in [7, 11) is 0. The third-order valence-corrected chi connectivity index (χ3v) is 3.82. The first kappa shape index (κ1) is 12.5. The molecule has 0 saturated carbocycles. The van der Waals surface area contributed by atoms with Crippen LogP contribution >= 0.6 is 39.3 Å². The van der Waals surface area contributed by atoms with Crippen LogP contribution in [0.5, 0.6) is 0 Å². The highest BCUT2D eigenvalue weighted by molar-refractivity contribution is 9.10. The Balaban J connectivity index is 2.12. The zero-order valence-electron chi connectivity index (χ0n) is 9.26. The summed E-state index contributed by atoms with van der Waals surface area (Å²) >= 11 is 10.7. The predicted octanol–water partition coefficient (Wildman–Crippen LogP) is 3.22. The van der Waals surface area contributed by atoms with Gasteiger partial charge in [0.1, 0.15) is 16.9 Å². The number of nitrogen functional groups attached to an aromatic ring is 1. The van der Waals surface area contributed by atoms with Crippen LogP contribution in [0.25, 0.3) is 11.0 Å². The van der Waals surface area contributed by atoms with E-state index in [1.54, 1.807) is 12.3 Å². The molecule has 0 amide bonds. The molecule has 0 aliphatic rings. The van der Waals surface area contributed by atoms with Gasteiger partial charge in [-0.1, -0.05) is 11.6 Å². The molecule has 0 atom stereocenters. The lowest BCUT2D eigenvalue weighted by atomic mass is 10.2. The second-order valence-corrected chi connectivity index (χ2v) is 5.39. The van der Waals surface area contributed by atoms with Gasteiger partial charge in [0.05, 0.1) is 26.9 Å². The zero-order valence-corrected chi connectivity index (χ0v) is 12.4. The van der Waals surface area contributed by atoms with E-state index >= 15 is 0 Å². The fourth-order valence-corrected chi connectivity index (χ4v) is 2.57. The summed E-state index contributed by atoms with van der Waals surface area (Å²) in [5, 5.41) is 3.64. The van der Waals surface area contributed by atoms with E-state index in [1.807, 2.05) is 6.07 Å². The minimum Gasteiger partial charge on any atom is -0.368 e. The average Bonchev–Trinajstić information content (AvgIpc) is 2.85. The van der Waals surface area contributed by atoms with Crippen LogP contribution in [-0.2, 0) is 0 Å². The van der Waals surface area contributed by atoms with Gasteiger partial charge in [-0.3, -0.25) is 0 Å². The Labute approximate surface area is 125 Å². The maximum atomic E-state index is 6.19. The lowest BCUT2D eigenvalue weighted by Gasteiger charge is -2.09. The van der Waals surface area contributed by atoms with E-state index in [9.17, 15) is 0 Å². The number of anilines is 3. The third kappa shape index (κ3) is 2.34. The fraction of sp³-hybridized carbons (Fsp3) is 0. The molecule has 19 heavy (non-hydrogen) atoms. The molecule has 0 aliphatic carbocycles. The number of halogens is 2. The molecule has 3 aromatic rings. The van der Waals surface area contributed by atoms with E-state index in [1.165, 1.54) is 0 Å². The van der Waals surface area contributed by atoms with E-state index in [0.29, 0.717) is 26.5 Å². The summed E-state index contributed by atoms with van der Waals surface area (Å²) in [5.74, 6) is 0.695. The summed E-state index contributed by atoms with van der Waals surface area (Å²) in [6.45, 7) is 0. The first-order chi connectivity index (χ1) is 9.15. The highest BCUT2D eigenvalue weighted by atomic mass is 79.9. The Kier molecular flexibility index (Phi) is 3.21. The van der Waals surface area contributed by atoms with Gasteiger partial charge in [0.2, 0.25) is 5.95 Å². The summed E-state index contributed by atoms with van der Waals surface area (Å²) in [4.78, 5) is 7.98. The molecule has 0 spiro atoms. The molecule has 3 N–H and O–H groups in total. The van der Waals surface area contributed by atoms with E-state index < -0.39 is 0 Å². The van der Waals surface area contributed by atoms with Gasteiger partial charge < -0.3 is 11.1 Å². The van der Waals surface area contributed by atoms with E-state index in [4.69, 9.17) is 17.3 Å². The van der Waals surface area contributed by atoms with Crippen LogP contribution < -0.4 is 11.1 Å². The molecular formula is C10H6BrClN6S. The Morgan fingerprint density at radius 2 is 2.16 bits per heavy atom. The van der Waals surface area contributed by atoms with Crippen LogP contribution in [0.4, 0.5) is 17.5 Å². The van der Waals surface area contributed by atoms with Gasteiger partial charge in [0, 0.05) is 6.20 Å². The van der Waals surface area contributed by atoms with Crippen LogP contribution in [0.15, 0.2) is 22.8 Å². The smallest absolute Gasteiger partial charge is 0.222 e. The van der Waals surface area contributed by atoms with Crippen LogP contribution in [0.1, 0.15) is 0 Å². The van der Waals surface area contributed by atoms with Crippen molar-refractivity contribution >= 4 is 67.7 Å². The van der Waals surface area contributed by atoms with Crippen molar-refractivity contribution in [2.24, 2.45) is 0 Å². The van der Waals surface area contributed by atoms with Crippen LogP contribution in [0, 0.1) is 0 Å². The zero-order chi connectivity index (χ0) is 13.4. The molecule has 0 radical (unpaired) electrons. The number of fused-ring (bicyclic) bond motifs is 1. The van der Waals surface area contributed by atoms with Crippen LogP contribution in [0.3, 0.4) is 0 Å².